The van der Waals surface area contributed by atoms with Crippen molar-refractivity contribution in [1.82, 2.24) is 0 Å². The van der Waals surface area contributed by atoms with Crippen LogP contribution in [0.15, 0.2) is 16.6 Å². The summed E-state index contributed by atoms with van der Waals surface area (Å²) in [6, 6.07) is 2.20. The molecule has 0 aromatic heterocycles. The van der Waals surface area contributed by atoms with E-state index >= 15 is 0 Å². The van der Waals surface area contributed by atoms with Gasteiger partial charge >= 0.3 is 6.18 Å². The predicted octanol–water partition coefficient (Wildman–Crippen LogP) is 4.77. The highest BCUT2D eigenvalue weighted by molar-refractivity contribution is 9.10. The molecule has 1 aromatic carbocycles. The zero-order valence-electron chi connectivity index (χ0n) is 5.92. The summed E-state index contributed by atoms with van der Waals surface area (Å²) in [6.45, 7) is 0. The van der Waals surface area contributed by atoms with Gasteiger partial charge in [0, 0.05) is 9.50 Å². The van der Waals surface area contributed by atoms with Gasteiger partial charge in [0.1, 0.15) is 0 Å². The van der Waals surface area contributed by atoms with Crippen molar-refractivity contribution >= 4 is 39.1 Å². The van der Waals surface area contributed by atoms with Gasteiger partial charge < -0.3 is 0 Å². The van der Waals surface area contributed by atoms with Gasteiger partial charge in [-0.05, 0) is 12.1 Å². The van der Waals surface area contributed by atoms with E-state index in [0.29, 0.717) is 0 Å². The topological polar surface area (TPSA) is 0 Å². The summed E-state index contributed by atoms with van der Waals surface area (Å²) in [5, 5.41) is -0.253. The molecule has 0 N–H and O–H groups in total. The van der Waals surface area contributed by atoms with Crippen LogP contribution in [0.1, 0.15) is 5.56 Å². The van der Waals surface area contributed by atoms with Gasteiger partial charge in [0.25, 0.3) is 0 Å². The van der Waals surface area contributed by atoms with E-state index in [1.807, 2.05) is 0 Å². The molecule has 6 heteroatoms. The lowest BCUT2D eigenvalue weighted by Gasteiger charge is -2.10. The molecule has 0 aliphatic carbocycles. The van der Waals surface area contributed by atoms with Crippen molar-refractivity contribution in [3.05, 3.63) is 32.2 Å². The molecule has 13 heavy (non-hydrogen) atoms. The third-order valence-electron chi connectivity index (χ3n) is 1.29. The van der Waals surface area contributed by atoms with Crippen molar-refractivity contribution in [3.63, 3.8) is 0 Å². The lowest BCUT2D eigenvalue weighted by atomic mass is 10.2. The number of hydrogen-bond donors (Lipinski definition) is 0. The van der Waals surface area contributed by atoms with E-state index in [9.17, 15) is 13.2 Å². The van der Waals surface area contributed by atoms with Crippen LogP contribution in [0.5, 0.6) is 0 Å². The first-order valence-electron chi connectivity index (χ1n) is 3.04. The Morgan fingerprint density at radius 2 is 1.69 bits per heavy atom. The zero-order valence-corrected chi connectivity index (χ0v) is 9.02. The molecule has 0 aliphatic heterocycles. The highest BCUT2D eigenvalue weighted by Crippen LogP contribution is 2.40. The molecule has 0 saturated carbocycles. The summed E-state index contributed by atoms with van der Waals surface area (Å²) < 4.78 is 36.7. The Kier molecular flexibility index (Phi) is 3.15. The van der Waals surface area contributed by atoms with Crippen LogP contribution in [0.4, 0.5) is 13.2 Å². The molecule has 0 saturated heterocycles. The Morgan fingerprint density at radius 3 is 2.08 bits per heavy atom. The average Bonchev–Trinajstić information content (AvgIpc) is 1.78. The van der Waals surface area contributed by atoms with Crippen molar-refractivity contribution in [2.24, 2.45) is 0 Å². The van der Waals surface area contributed by atoms with Crippen molar-refractivity contribution in [2.75, 3.05) is 0 Å². The summed E-state index contributed by atoms with van der Waals surface area (Å²) >= 11 is 13.6. The molecule has 72 valence electrons. The normalized spacial score (nSPS) is 11.8. The van der Waals surface area contributed by atoms with Crippen LogP contribution in [0.2, 0.25) is 10.0 Å². The molecule has 0 atom stereocenters. The standard InChI is InChI=1S/C7H2BrCl2F3/c8-4-1-3(9)2-5(10)6(4)7(11,12)13/h1-2H. The minimum Gasteiger partial charge on any atom is -0.166 e. The molecule has 0 amide bonds. The molecular formula is C7H2BrCl2F3. The van der Waals surface area contributed by atoms with Crippen LogP contribution < -0.4 is 0 Å². The van der Waals surface area contributed by atoms with Gasteiger partial charge in [-0.1, -0.05) is 39.1 Å². The van der Waals surface area contributed by atoms with Crippen molar-refractivity contribution in [2.45, 2.75) is 6.18 Å². The first-order chi connectivity index (χ1) is 5.82. The minimum absolute atomic E-state index is 0.155. The van der Waals surface area contributed by atoms with Gasteiger partial charge in [-0.2, -0.15) is 13.2 Å². The van der Waals surface area contributed by atoms with Gasteiger partial charge in [0.15, 0.2) is 0 Å². The van der Waals surface area contributed by atoms with Crippen LogP contribution in [-0.4, -0.2) is 0 Å². The van der Waals surface area contributed by atoms with Gasteiger partial charge in [-0.15, -0.1) is 0 Å². The predicted molar refractivity (Wildman–Crippen MR) is 49.2 cm³/mol. The second-order valence-electron chi connectivity index (χ2n) is 2.24. The Labute approximate surface area is 90.8 Å². The Hall–Kier alpha value is 0.0700. The Bertz CT molecular complexity index is 312. The number of benzene rings is 1. The van der Waals surface area contributed by atoms with Crippen molar-refractivity contribution in [3.8, 4) is 0 Å². The zero-order chi connectivity index (χ0) is 10.2. The molecule has 0 aliphatic rings. The van der Waals surface area contributed by atoms with E-state index < -0.39 is 16.8 Å². The smallest absolute Gasteiger partial charge is 0.166 e. The van der Waals surface area contributed by atoms with Gasteiger partial charge in [0.05, 0.1) is 10.6 Å². The first-order valence-corrected chi connectivity index (χ1v) is 4.59. The average molecular weight is 294 g/mol. The molecule has 0 nitrogen and oxygen atoms in total. The second kappa shape index (κ2) is 3.67. The fourth-order valence-corrected chi connectivity index (χ4v) is 2.34. The molecule has 0 fully saturated rings. The highest BCUT2D eigenvalue weighted by atomic mass is 79.9. The number of hydrogen-bond acceptors (Lipinski definition) is 0. The SMILES string of the molecule is FC(F)(F)c1c(Cl)cc(Cl)cc1Br. The molecule has 0 unspecified atom stereocenters. The van der Waals surface area contributed by atoms with E-state index in [2.05, 4.69) is 15.9 Å². The maximum atomic E-state index is 12.3. The van der Waals surface area contributed by atoms with Crippen LogP contribution in [0.3, 0.4) is 0 Å². The number of halogens is 6. The summed E-state index contributed by atoms with van der Waals surface area (Å²) in [5.41, 5.74) is -0.904. The summed E-state index contributed by atoms with van der Waals surface area (Å²) in [6.07, 6.45) is -4.47. The molecule has 0 heterocycles. The monoisotopic (exact) mass is 292 g/mol. The van der Waals surface area contributed by atoms with Crippen molar-refractivity contribution < 1.29 is 13.2 Å². The first kappa shape index (κ1) is 11.1. The summed E-state index contributed by atoms with van der Waals surface area (Å²) in [7, 11) is 0. The van der Waals surface area contributed by atoms with Gasteiger partial charge in [-0.25, -0.2) is 0 Å². The maximum Gasteiger partial charge on any atom is 0.418 e. The van der Waals surface area contributed by atoms with Crippen LogP contribution in [0.25, 0.3) is 0 Å². The molecule has 0 spiro atoms. The van der Waals surface area contributed by atoms with Crippen LogP contribution in [0, 0.1) is 0 Å². The second-order valence-corrected chi connectivity index (χ2v) is 3.94. The molecule has 0 radical (unpaired) electrons. The van der Waals surface area contributed by atoms with Crippen molar-refractivity contribution in [1.29, 1.82) is 0 Å². The fraction of sp³-hybridized carbons (Fsp3) is 0.143. The minimum atomic E-state index is -4.47. The fourth-order valence-electron chi connectivity index (χ4n) is 0.813. The van der Waals surface area contributed by atoms with E-state index in [-0.39, 0.29) is 9.50 Å². The Balaban J connectivity index is 3.38. The molecule has 1 aromatic rings. The van der Waals surface area contributed by atoms with E-state index in [4.69, 9.17) is 23.2 Å². The molecule has 1 rings (SSSR count). The number of rotatable bonds is 0. The van der Waals surface area contributed by atoms with Gasteiger partial charge in [0.2, 0.25) is 0 Å². The Morgan fingerprint density at radius 1 is 1.15 bits per heavy atom. The maximum absolute atomic E-state index is 12.3. The molecule has 0 bridgehead atoms. The molecular weight excluding hydrogens is 292 g/mol. The lowest BCUT2D eigenvalue weighted by Crippen LogP contribution is -2.06. The third kappa shape index (κ3) is 2.51. The van der Waals surface area contributed by atoms with E-state index in [1.54, 1.807) is 0 Å². The van der Waals surface area contributed by atoms with E-state index in [0.717, 1.165) is 12.1 Å². The lowest BCUT2D eigenvalue weighted by molar-refractivity contribution is -0.138. The highest BCUT2D eigenvalue weighted by Gasteiger charge is 2.35. The van der Waals surface area contributed by atoms with Gasteiger partial charge in [-0.3, -0.25) is 0 Å². The quantitative estimate of drug-likeness (QED) is 0.646. The van der Waals surface area contributed by atoms with Crippen LogP contribution >= 0.6 is 39.1 Å². The van der Waals surface area contributed by atoms with Crippen LogP contribution in [-0.2, 0) is 6.18 Å². The summed E-state index contributed by atoms with van der Waals surface area (Å²) in [4.78, 5) is 0. The van der Waals surface area contributed by atoms with E-state index in [1.165, 1.54) is 0 Å². The third-order valence-corrected chi connectivity index (χ3v) is 2.43. The number of alkyl halides is 3. The summed E-state index contributed by atoms with van der Waals surface area (Å²) in [5.74, 6) is 0. The largest absolute Gasteiger partial charge is 0.418 e.